The lowest BCUT2D eigenvalue weighted by atomic mass is 9.82. The van der Waals surface area contributed by atoms with Crippen molar-refractivity contribution in [2.24, 2.45) is 0 Å². The van der Waals surface area contributed by atoms with Crippen LogP contribution >= 0.6 is 0 Å². The van der Waals surface area contributed by atoms with Gasteiger partial charge < -0.3 is 0 Å². The van der Waals surface area contributed by atoms with E-state index in [1.807, 2.05) is 0 Å². The molecular weight excluding hydrogens is 288 g/mol. The van der Waals surface area contributed by atoms with Crippen molar-refractivity contribution in [3.05, 3.63) is 125 Å². The molecule has 0 heteroatoms. The summed E-state index contributed by atoms with van der Waals surface area (Å²) in [7, 11) is 0. The van der Waals surface area contributed by atoms with Gasteiger partial charge in [-0.25, -0.2) is 0 Å². The third-order valence-corrected chi connectivity index (χ3v) is 4.67. The number of allylic oxidation sites excluding steroid dienone is 4. The third-order valence-electron chi connectivity index (χ3n) is 4.67. The molecule has 0 fully saturated rings. The number of hydrogen-bond donors (Lipinski definition) is 0. The van der Waals surface area contributed by atoms with Gasteiger partial charge in [-0.3, -0.25) is 0 Å². The summed E-state index contributed by atoms with van der Waals surface area (Å²) in [5.41, 5.74) is 6.87. The molecule has 0 unspecified atom stereocenters. The fourth-order valence-corrected chi connectivity index (χ4v) is 3.58. The van der Waals surface area contributed by atoms with Gasteiger partial charge in [0.2, 0.25) is 0 Å². The summed E-state index contributed by atoms with van der Waals surface area (Å²) in [6.45, 7) is 0. The molecule has 3 aromatic carbocycles. The minimum absolute atomic E-state index is 0.303. The van der Waals surface area contributed by atoms with Crippen LogP contribution < -0.4 is 0 Å². The number of hydrogen-bond acceptors (Lipinski definition) is 0. The van der Waals surface area contributed by atoms with E-state index in [0.29, 0.717) is 5.92 Å². The average molecular weight is 308 g/mol. The Morgan fingerprint density at radius 2 is 1.08 bits per heavy atom. The predicted octanol–water partition coefficient (Wildman–Crippen LogP) is 6.23. The molecule has 0 saturated heterocycles. The molecular formula is C24H20. The molecule has 1 aliphatic carbocycles. The van der Waals surface area contributed by atoms with Gasteiger partial charge in [0.05, 0.1) is 0 Å². The maximum atomic E-state index is 2.29. The molecule has 0 atom stereocenters. The second-order valence-electron chi connectivity index (χ2n) is 6.17. The molecule has 3 aromatic rings. The van der Waals surface area contributed by atoms with Gasteiger partial charge in [0, 0.05) is 5.92 Å². The first-order valence-corrected chi connectivity index (χ1v) is 8.48. The quantitative estimate of drug-likeness (QED) is 0.536. The molecule has 0 saturated carbocycles. The van der Waals surface area contributed by atoms with Crippen molar-refractivity contribution in [3.8, 4) is 0 Å². The summed E-state index contributed by atoms with van der Waals surface area (Å²) >= 11 is 0. The zero-order chi connectivity index (χ0) is 16.2. The Kier molecular flexibility index (Phi) is 4.12. The summed E-state index contributed by atoms with van der Waals surface area (Å²) in [4.78, 5) is 0. The zero-order valence-electron chi connectivity index (χ0n) is 13.6. The summed E-state index contributed by atoms with van der Waals surface area (Å²) in [5.74, 6) is 0.303. The average Bonchev–Trinajstić information content (AvgIpc) is 3.14. The van der Waals surface area contributed by atoms with Crippen LogP contribution in [-0.4, -0.2) is 0 Å². The Bertz CT molecular complexity index is 816. The van der Waals surface area contributed by atoms with Gasteiger partial charge in [0.1, 0.15) is 0 Å². The van der Waals surface area contributed by atoms with Crippen molar-refractivity contribution < 1.29 is 0 Å². The van der Waals surface area contributed by atoms with Gasteiger partial charge in [-0.1, -0.05) is 103 Å². The van der Waals surface area contributed by atoms with E-state index < -0.39 is 0 Å². The molecule has 0 aromatic heterocycles. The lowest BCUT2D eigenvalue weighted by Crippen LogP contribution is -2.05. The maximum absolute atomic E-state index is 2.29. The van der Waals surface area contributed by atoms with Crippen LogP contribution in [-0.2, 0) is 0 Å². The van der Waals surface area contributed by atoms with Crippen LogP contribution in [0.15, 0.2) is 109 Å². The highest BCUT2D eigenvalue weighted by molar-refractivity contribution is 5.81. The van der Waals surface area contributed by atoms with E-state index in [1.165, 1.54) is 27.8 Å². The SMILES string of the molecule is C1=CC(c2ccccc2)=C(C(c2ccccc2)c2ccccc2)C1. The second-order valence-corrected chi connectivity index (χ2v) is 6.17. The first kappa shape index (κ1) is 14.7. The Morgan fingerprint density at radius 1 is 0.583 bits per heavy atom. The summed E-state index contributed by atoms with van der Waals surface area (Å²) in [6.07, 6.45) is 5.58. The van der Waals surface area contributed by atoms with Crippen molar-refractivity contribution >= 4 is 5.57 Å². The van der Waals surface area contributed by atoms with Crippen LogP contribution in [0.1, 0.15) is 29.0 Å². The Labute approximate surface area is 143 Å². The van der Waals surface area contributed by atoms with E-state index in [2.05, 4.69) is 103 Å². The van der Waals surface area contributed by atoms with Crippen LogP contribution in [0.4, 0.5) is 0 Å². The predicted molar refractivity (Wildman–Crippen MR) is 102 cm³/mol. The lowest BCUT2D eigenvalue weighted by molar-refractivity contribution is 0.922. The molecule has 0 amide bonds. The zero-order valence-corrected chi connectivity index (χ0v) is 13.6. The molecule has 0 spiro atoms. The van der Waals surface area contributed by atoms with Gasteiger partial charge in [-0.2, -0.15) is 0 Å². The number of benzene rings is 3. The van der Waals surface area contributed by atoms with E-state index in [4.69, 9.17) is 0 Å². The molecule has 24 heavy (non-hydrogen) atoms. The van der Waals surface area contributed by atoms with Crippen molar-refractivity contribution in [1.82, 2.24) is 0 Å². The van der Waals surface area contributed by atoms with Crippen LogP contribution in [0, 0.1) is 0 Å². The molecule has 0 bridgehead atoms. The Balaban J connectivity index is 1.88. The molecule has 4 rings (SSSR count). The Morgan fingerprint density at radius 3 is 1.62 bits per heavy atom. The minimum atomic E-state index is 0.303. The van der Waals surface area contributed by atoms with Gasteiger partial charge in [-0.15, -0.1) is 0 Å². The molecule has 0 heterocycles. The summed E-state index contributed by atoms with van der Waals surface area (Å²) in [6, 6.07) is 32.4. The van der Waals surface area contributed by atoms with Gasteiger partial charge in [0.15, 0.2) is 0 Å². The second kappa shape index (κ2) is 6.72. The molecule has 1 aliphatic rings. The largest absolute Gasteiger partial charge is 0.0798 e. The number of rotatable bonds is 4. The fourth-order valence-electron chi connectivity index (χ4n) is 3.58. The van der Waals surface area contributed by atoms with E-state index in [9.17, 15) is 0 Å². The normalized spacial score (nSPS) is 13.7. The van der Waals surface area contributed by atoms with Crippen LogP contribution in [0.3, 0.4) is 0 Å². The summed E-state index contributed by atoms with van der Waals surface area (Å²) < 4.78 is 0. The Hall–Kier alpha value is -2.86. The summed E-state index contributed by atoms with van der Waals surface area (Å²) in [5, 5.41) is 0. The van der Waals surface area contributed by atoms with Gasteiger partial charge >= 0.3 is 0 Å². The van der Waals surface area contributed by atoms with Crippen molar-refractivity contribution in [2.75, 3.05) is 0 Å². The molecule has 116 valence electrons. The smallest absolute Gasteiger partial charge is 0.0311 e. The topological polar surface area (TPSA) is 0 Å². The molecule has 0 N–H and O–H groups in total. The highest BCUT2D eigenvalue weighted by Gasteiger charge is 2.23. The van der Waals surface area contributed by atoms with Gasteiger partial charge in [-0.05, 0) is 34.3 Å². The minimum Gasteiger partial charge on any atom is -0.0798 e. The third kappa shape index (κ3) is 2.83. The van der Waals surface area contributed by atoms with Crippen LogP contribution in [0.5, 0.6) is 0 Å². The van der Waals surface area contributed by atoms with Gasteiger partial charge in [0.25, 0.3) is 0 Å². The van der Waals surface area contributed by atoms with Crippen molar-refractivity contribution in [1.29, 1.82) is 0 Å². The van der Waals surface area contributed by atoms with E-state index in [1.54, 1.807) is 0 Å². The molecule has 0 aliphatic heterocycles. The first-order chi connectivity index (χ1) is 11.9. The standard InChI is InChI=1S/C24H20/c1-4-11-19(12-5-1)22-17-10-18-23(22)24(20-13-6-2-7-14-20)21-15-8-3-9-16-21/h1-17,24H,18H2. The lowest BCUT2D eigenvalue weighted by Gasteiger charge is -2.22. The van der Waals surface area contributed by atoms with Crippen LogP contribution in [0.2, 0.25) is 0 Å². The maximum Gasteiger partial charge on any atom is 0.0311 e. The monoisotopic (exact) mass is 308 g/mol. The van der Waals surface area contributed by atoms with Crippen molar-refractivity contribution in [2.45, 2.75) is 12.3 Å². The highest BCUT2D eigenvalue weighted by Crippen LogP contribution is 2.41. The van der Waals surface area contributed by atoms with E-state index in [-0.39, 0.29) is 0 Å². The molecule has 0 nitrogen and oxygen atoms in total. The van der Waals surface area contributed by atoms with E-state index >= 15 is 0 Å². The first-order valence-electron chi connectivity index (χ1n) is 8.48. The van der Waals surface area contributed by atoms with Crippen LogP contribution in [0.25, 0.3) is 5.57 Å². The fraction of sp³-hybridized carbons (Fsp3) is 0.0833. The van der Waals surface area contributed by atoms with E-state index in [0.717, 1.165) is 6.42 Å². The van der Waals surface area contributed by atoms with Crippen molar-refractivity contribution in [3.63, 3.8) is 0 Å². The molecule has 0 radical (unpaired) electrons. The highest BCUT2D eigenvalue weighted by atomic mass is 14.3.